The summed E-state index contributed by atoms with van der Waals surface area (Å²) >= 11 is 0. The first-order valence-electron chi connectivity index (χ1n) is 14.6. The van der Waals surface area contributed by atoms with E-state index in [4.69, 9.17) is 4.74 Å². The molecule has 3 amide bonds. The van der Waals surface area contributed by atoms with E-state index < -0.39 is 17.6 Å². The van der Waals surface area contributed by atoms with Crippen molar-refractivity contribution in [3.8, 4) is 0 Å². The zero-order valence-electron chi connectivity index (χ0n) is 24.6. The van der Waals surface area contributed by atoms with Crippen molar-refractivity contribution in [3.05, 3.63) is 45.9 Å². The number of fused-ring (bicyclic) bond motifs is 2. The number of rotatable bonds is 4. The van der Waals surface area contributed by atoms with Gasteiger partial charge in [0.2, 0.25) is 11.8 Å². The van der Waals surface area contributed by atoms with Gasteiger partial charge in [0.05, 0.1) is 17.6 Å². The molecule has 2 saturated heterocycles. The highest BCUT2D eigenvalue weighted by atomic mass is 16.6. The topological polar surface area (TPSA) is 137 Å². The van der Waals surface area contributed by atoms with Crippen molar-refractivity contribution in [1.82, 2.24) is 39.0 Å². The molecular weight excluding hydrogens is 540 g/mol. The standard InChI is InChI=1S/C29H38N8O5/c1-29(2,3)42-28(41)35-13-14-36-23(17-35)31-32-25(36)19-9-11-34(12-10-19)16-18-5-6-20-22(15-18)33(4)27(40)37(20)21-7-8-24(38)30-26(21)39/h5-6,15,19,21H,7-14,16-17H2,1-4H3,(H,30,38,39). The molecule has 0 spiro atoms. The number of ether oxygens (including phenoxy) is 1. The molecule has 5 heterocycles. The minimum Gasteiger partial charge on any atom is -0.444 e. The van der Waals surface area contributed by atoms with E-state index in [2.05, 4.69) is 25.0 Å². The summed E-state index contributed by atoms with van der Waals surface area (Å²) in [6, 6.07) is 5.26. The molecule has 0 bridgehead atoms. The number of nitrogens with zero attached hydrogens (tertiary/aromatic N) is 7. The number of carbonyl (C=O) groups excluding carboxylic acids is 3. The molecule has 6 rings (SSSR count). The van der Waals surface area contributed by atoms with E-state index in [1.54, 1.807) is 16.5 Å². The van der Waals surface area contributed by atoms with Crippen molar-refractivity contribution in [2.45, 2.75) is 83.6 Å². The molecule has 224 valence electrons. The zero-order valence-corrected chi connectivity index (χ0v) is 24.6. The Kier molecular flexibility index (Phi) is 7.16. The van der Waals surface area contributed by atoms with Gasteiger partial charge >= 0.3 is 11.8 Å². The molecular formula is C29H38N8O5. The maximum Gasteiger partial charge on any atom is 0.410 e. The normalized spacial score (nSPS) is 20.6. The number of carbonyl (C=O) groups is 3. The van der Waals surface area contributed by atoms with Gasteiger partial charge in [-0.25, -0.2) is 9.59 Å². The van der Waals surface area contributed by atoms with Crippen molar-refractivity contribution < 1.29 is 19.1 Å². The predicted octanol–water partition coefficient (Wildman–Crippen LogP) is 2.04. The van der Waals surface area contributed by atoms with Gasteiger partial charge in [0.1, 0.15) is 17.5 Å². The van der Waals surface area contributed by atoms with Crippen LogP contribution in [0.25, 0.3) is 11.0 Å². The monoisotopic (exact) mass is 578 g/mol. The maximum atomic E-state index is 13.1. The number of piperidine rings is 2. The number of hydrogen-bond donors (Lipinski definition) is 1. The van der Waals surface area contributed by atoms with E-state index in [-0.39, 0.29) is 24.1 Å². The first-order valence-corrected chi connectivity index (χ1v) is 14.6. The SMILES string of the molecule is Cn1c(=O)n(C2CCC(=O)NC2=O)c2ccc(CN3CCC(c4nnc5n4CCN(C(=O)OC(C)(C)C)C5)CC3)cc21. The molecule has 1 atom stereocenters. The van der Waals surface area contributed by atoms with Crippen LogP contribution in [0, 0.1) is 0 Å². The van der Waals surface area contributed by atoms with Gasteiger partial charge in [0.15, 0.2) is 5.82 Å². The van der Waals surface area contributed by atoms with E-state index in [0.29, 0.717) is 37.5 Å². The Labute approximate surface area is 243 Å². The second-order valence-electron chi connectivity index (χ2n) is 12.6. The summed E-state index contributed by atoms with van der Waals surface area (Å²) in [5.41, 5.74) is 1.77. The van der Waals surface area contributed by atoms with Gasteiger partial charge in [-0.3, -0.25) is 33.8 Å². The number of imide groups is 1. The van der Waals surface area contributed by atoms with Crippen LogP contribution in [0.15, 0.2) is 23.0 Å². The lowest BCUT2D eigenvalue weighted by Gasteiger charge is -2.33. The van der Waals surface area contributed by atoms with E-state index in [9.17, 15) is 19.2 Å². The highest BCUT2D eigenvalue weighted by Crippen LogP contribution is 2.30. The summed E-state index contributed by atoms with van der Waals surface area (Å²) in [5.74, 6) is 1.38. The van der Waals surface area contributed by atoms with Gasteiger partial charge in [-0.15, -0.1) is 10.2 Å². The summed E-state index contributed by atoms with van der Waals surface area (Å²) in [4.78, 5) is 53.8. The van der Waals surface area contributed by atoms with Gasteiger partial charge < -0.3 is 9.30 Å². The van der Waals surface area contributed by atoms with E-state index in [0.717, 1.165) is 55.2 Å². The Morgan fingerprint density at radius 3 is 2.50 bits per heavy atom. The molecule has 0 radical (unpaired) electrons. The predicted molar refractivity (Wildman–Crippen MR) is 153 cm³/mol. The zero-order chi connectivity index (χ0) is 29.8. The highest BCUT2D eigenvalue weighted by Gasteiger charge is 2.33. The Morgan fingerprint density at radius 1 is 1.02 bits per heavy atom. The number of likely N-dealkylation sites (tertiary alicyclic amines) is 1. The van der Waals surface area contributed by atoms with Crippen LogP contribution in [0.4, 0.5) is 4.79 Å². The largest absolute Gasteiger partial charge is 0.444 e. The summed E-state index contributed by atoms with van der Waals surface area (Å²) < 4.78 is 10.8. The minimum atomic E-state index is -0.688. The third-order valence-corrected chi connectivity index (χ3v) is 8.47. The van der Waals surface area contributed by atoms with Crippen molar-refractivity contribution in [2.75, 3.05) is 19.6 Å². The van der Waals surface area contributed by atoms with Crippen LogP contribution in [0.2, 0.25) is 0 Å². The smallest absolute Gasteiger partial charge is 0.410 e. The van der Waals surface area contributed by atoms with Crippen molar-refractivity contribution in [2.24, 2.45) is 7.05 Å². The lowest BCUT2D eigenvalue weighted by Crippen LogP contribution is -2.44. The van der Waals surface area contributed by atoms with Crippen molar-refractivity contribution in [1.29, 1.82) is 0 Å². The molecule has 1 aromatic carbocycles. The molecule has 0 saturated carbocycles. The summed E-state index contributed by atoms with van der Waals surface area (Å²) in [6.07, 6.45) is 2.13. The fourth-order valence-corrected chi connectivity index (χ4v) is 6.31. The fraction of sp³-hybridized carbons (Fsp3) is 0.586. The van der Waals surface area contributed by atoms with Crippen LogP contribution >= 0.6 is 0 Å². The molecule has 3 aliphatic rings. The number of nitrogens with one attached hydrogen (secondary N) is 1. The van der Waals surface area contributed by atoms with Gasteiger partial charge in [-0.05, 0) is 70.8 Å². The van der Waals surface area contributed by atoms with Crippen LogP contribution in [0.5, 0.6) is 0 Å². The number of amides is 3. The molecule has 3 aliphatic heterocycles. The molecule has 13 nitrogen and oxygen atoms in total. The second kappa shape index (κ2) is 10.7. The fourth-order valence-electron chi connectivity index (χ4n) is 6.31. The Hall–Kier alpha value is -4.00. The van der Waals surface area contributed by atoms with Gasteiger partial charge in [0, 0.05) is 39.0 Å². The molecule has 42 heavy (non-hydrogen) atoms. The van der Waals surface area contributed by atoms with Crippen LogP contribution in [0.3, 0.4) is 0 Å². The number of aryl methyl sites for hydroxylation is 1. The van der Waals surface area contributed by atoms with Crippen LogP contribution in [-0.4, -0.2) is 76.8 Å². The van der Waals surface area contributed by atoms with Gasteiger partial charge in [-0.1, -0.05) is 6.07 Å². The summed E-state index contributed by atoms with van der Waals surface area (Å²) in [5, 5.41) is 11.3. The van der Waals surface area contributed by atoms with Crippen LogP contribution in [-0.2, 0) is 41.0 Å². The molecule has 13 heteroatoms. The lowest BCUT2D eigenvalue weighted by molar-refractivity contribution is -0.135. The summed E-state index contributed by atoms with van der Waals surface area (Å²) in [7, 11) is 1.72. The first kappa shape index (κ1) is 28.1. The van der Waals surface area contributed by atoms with Gasteiger partial charge in [0.25, 0.3) is 0 Å². The molecule has 3 aromatic rings. The highest BCUT2D eigenvalue weighted by molar-refractivity contribution is 6.00. The van der Waals surface area contributed by atoms with E-state index in [1.807, 2.05) is 39.0 Å². The first-order chi connectivity index (χ1) is 20.0. The molecule has 1 N–H and O–H groups in total. The van der Waals surface area contributed by atoms with Crippen molar-refractivity contribution >= 4 is 28.9 Å². The minimum absolute atomic E-state index is 0.218. The summed E-state index contributed by atoms with van der Waals surface area (Å²) in [6.45, 7) is 9.79. The Morgan fingerprint density at radius 2 is 1.79 bits per heavy atom. The van der Waals surface area contributed by atoms with E-state index in [1.165, 1.54) is 4.57 Å². The Bertz CT molecular complexity index is 1600. The number of benzene rings is 1. The van der Waals surface area contributed by atoms with E-state index >= 15 is 0 Å². The van der Waals surface area contributed by atoms with Gasteiger partial charge in [-0.2, -0.15) is 0 Å². The molecule has 1 unspecified atom stereocenters. The maximum absolute atomic E-state index is 13.1. The van der Waals surface area contributed by atoms with Crippen LogP contribution < -0.4 is 11.0 Å². The number of hydrogen-bond acceptors (Lipinski definition) is 8. The molecule has 2 aromatic heterocycles. The second-order valence-corrected chi connectivity index (χ2v) is 12.6. The number of aromatic nitrogens is 5. The van der Waals surface area contributed by atoms with Crippen molar-refractivity contribution in [3.63, 3.8) is 0 Å². The quantitative estimate of drug-likeness (QED) is 0.465. The lowest BCUT2D eigenvalue weighted by atomic mass is 9.95. The third-order valence-electron chi connectivity index (χ3n) is 8.47. The van der Waals surface area contributed by atoms with Crippen LogP contribution in [0.1, 0.15) is 75.6 Å². The molecule has 2 fully saturated rings. The average molecular weight is 579 g/mol. The Balaban J connectivity index is 1.10. The molecule has 0 aliphatic carbocycles. The third kappa shape index (κ3) is 5.33. The number of imidazole rings is 1. The average Bonchev–Trinajstić information content (AvgIpc) is 3.47.